The van der Waals surface area contributed by atoms with Crippen LogP contribution in [0.4, 0.5) is 5.69 Å². The van der Waals surface area contributed by atoms with Crippen LogP contribution in [0.3, 0.4) is 0 Å². The fourth-order valence-corrected chi connectivity index (χ4v) is 3.49. The van der Waals surface area contributed by atoms with Crippen molar-refractivity contribution in [1.29, 1.82) is 0 Å². The molecule has 0 saturated heterocycles. The number of carbonyl (C=O) groups excluding carboxylic acids is 1. The van der Waals surface area contributed by atoms with Gasteiger partial charge in [0, 0.05) is 28.4 Å². The number of rotatable bonds is 4. The summed E-state index contributed by atoms with van der Waals surface area (Å²) >= 11 is 6.01. The first-order valence-electron chi connectivity index (χ1n) is 8.64. The first kappa shape index (κ1) is 16.7. The van der Waals surface area contributed by atoms with Gasteiger partial charge in [0.05, 0.1) is 17.5 Å². The molecule has 2 aromatic carbocycles. The minimum atomic E-state index is -0.276. The molecule has 0 saturated carbocycles. The maximum absolute atomic E-state index is 13.0. The van der Waals surface area contributed by atoms with E-state index >= 15 is 0 Å². The Morgan fingerprint density at radius 1 is 1.15 bits per heavy atom. The van der Waals surface area contributed by atoms with E-state index in [1.54, 1.807) is 6.20 Å². The predicted molar refractivity (Wildman–Crippen MR) is 103 cm³/mol. The van der Waals surface area contributed by atoms with Gasteiger partial charge in [-0.05, 0) is 30.7 Å². The van der Waals surface area contributed by atoms with E-state index in [2.05, 4.69) is 22.4 Å². The van der Waals surface area contributed by atoms with E-state index in [1.807, 2.05) is 53.4 Å². The van der Waals surface area contributed by atoms with Gasteiger partial charge in [-0.3, -0.25) is 9.89 Å². The van der Waals surface area contributed by atoms with Crippen LogP contribution in [0.2, 0.25) is 5.02 Å². The first-order valence-corrected chi connectivity index (χ1v) is 9.02. The molecule has 6 heteroatoms. The van der Waals surface area contributed by atoms with Crippen LogP contribution in [0.25, 0.3) is 11.3 Å². The molecule has 1 atom stereocenters. The molecule has 0 spiro atoms. The third-order valence-electron chi connectivity index (χ3n) is 4.58. The number of halogens is 1. The molecule has 0 fully saturated rings. The number of fused-ring (bicyclic) bond motifs is 1. The van der Waals surface area contributed by atoms with Crippen LogP contribution >= 0.6 is 11.6 Å². The lowest BCUT2D eigenvalue weighted by Crippen LogP contribution is -2.43. The summed E-state index contributed by atoms with van der Waals surface area (Å²) < 4.78 is 0. The van der Waals surface area contributed by atoms with Crippen LogP contribution in [0, 0.1) is 0 Å². The van der Waals surface area contributed by atoms with Crippen molar-refractivity contribution in [2.24, 2.45) is 0 Å². The number of hydrogen-bond donors (Lipinski definition) is 2. The van der Waals surface area contributed by atoms with Crippen LogP contribution in [-0.4, -0.2) is 27.5 Å². The van der Waals surface area contributed by atoms with Crippen molar-refractivity contribution in [1.82, 2.24) is 15.1 Å². The summed E-state index contributed by atoms with van der Waals surface area (Å²) in [5.74, 6) is 0.0365. The Morgan fingerprint density at radius 3 is 2.69 bits per heavy atom. The molecular formula is C20H19ClN4O. The number of H-pyrrole nitrogens is 1. The molecule has 0 bridgehead atoms. The molecule has 2 N–H and O–H groups in total. The molecule has 0 aliphatic carbocycles. The van der Waals surface area contributed by atoms with E-state index in [-0.39, 0.29) is 12.1 Å². The van der Waals surface area contributed by atoms with Gasteiger partial charge in [0.15, 0.2) is 0 Å². The average molecular weight is 367 g/mol. The zero-order valence-corrected chi connectivity index (χ0v) is 15.1. The monoisotopic (exact) mass is 366 g/mol. The Morgan fingerprint density at radius 2 is 1.92 bits per heavy atom. The molecule has 1 amide bonds. The van der Waals surface area contributed by atoms with Gasteiger partial charge >= 0.3 is 0 Å². The maximum atomic E-state index is 13.0. The smallest absolute Gasteiger partial charge is 0.257 e. The number of anilines is 1. The second-order valence-corrected chi connectivity index (χ2v) is 6.73. The lowest BCUT2D eigenvalue weighted by atomic mass is 10.0. The highest BCUT2D eigenvalue weighted by molar-refractivity contribution is 6.30. The van der Waals surface area contributed by atoms with E-state index in [1.165, 1.54) is 0 Å². The van der Waals surface area contributed by atoms with Gasteiger partial charge in [0.2, 0.25) is 0 Å². The Balaban J connectivity index is 1.78. The summed E-state index contributed by atoms with van der Waals surface area (Å²) in [5.41, 5.74) is 4.34. The Kier molecular flexibility index (Phi) is 4.39. The fourth-order valence-electron chi connectivity index (χ4n) is 3.36. The summed E-state index contributed by atoms with van der Waals surface area (Å²) in [6.07, 6.45) is 2.38. The third-order valence-corrected chi connectivity index (χ3v) is 4.83. The fraction of sp³-hybridized carbons (Fsp3) is 0.200. The van der Waals surface area contributed by atoms with Crippen molar-refractivity contribution >= 4 is 23.2 Å². The summed E-state index contributed by atoms with van der Waals surface area (Å²) in [6.45, 7) is 2.73. The van der Waals surface area contributed by atoms with Gasteiger partial charge in [-0.25, -0.2) is 0 Å². The predicted octanol–water partition coefficient (Wildman–Crippen LogP) is 4.71. The molecule has 1 aliphatic heterocycles. The minimum absolute atomic E-state index is 0.0365. The molecule has 3 aromatic rings. The second-order valence-electron chi connectivity index (χ2n) is 6.30. The normalized spacial score (nSPS) is 16.3. The topological polar surface area (TPSA) is 61.0 Å². The number of para-hydroxylation sites is 1. The lowest BCUT2D eigenvalue weighted by Gasteiger charge is -2.37. The van der Waals surface area contributed by atoms with Gasteiger partial charge < -0.3 is 10.2 Å². The van der Waals surface area contributed by atoms with Crippen LogP contribution in [-0.2, 0) is 0 Å². The van der Waals surface area contributed by atoms with Crippen LogP contribution in [0.1, 0.15) is 35.4 Å². The average Bonchev–Trinajstić information content (AvgIpc) is 3.14. The highest BCUT2D eigenvalue weighted by Gasteiger charge is 2.34. The standard InChI is InChI=1S/C20H19ClN4O/c1-2-11-25-19(23-17-6-4-3-5-15(17)20(25)26)16-12-22-24-18(16)13-7-9-14(21)10-8-13/h3-10,12,19,23H,2,11H2,1H3,(H,22,24)/t19-/m0/s1. The van der Waals surface area contributed by atoms with Crippen molar-refractivity contribution in [3.8, 4) is 11.3 Å². The largest absolute Gasteiger partial charge is 0.361 e. The zero-order chi connectivity index (χ0) is 18.1. The number of benzene rings is 2. The van der Waals surface area contributed by atoms with Crippen LogP contribution in [0.5, 0.6) is 0 Å². The summed E-state index contributed by atoms with van der Waals surface area (Å²) in [4.78, 5) is 14.9. The Labute approximate surface area is 157 Å². The molecular weight excluding hydrogens is 348 g/mol. The van der Waals surface area contributed by atoms with E-state index in [9.17, 15) is 4.79 Å². The zero-order valence-electron chi connectivity index (χ0n) is 14.4. The van der Waals surface area contributed by atoms with E-state index < -0.39 is 0 Å². The Bertz CT molecular complexity index is 935. The highest BCUT2D eigenvalue weighted by atomic mass is 35.5. The molecule has 5 nitrogen and oxygen atoms in total. The molecule has 1 aliphatic rings. The van der Waals surface area contributed by atoms with Gasteiger partial charge in [-0.15, -0.1) is 0 Å². The maximum Gasteiger partial charge on any atom is 0.257 e. The quantitative estimate of drug-likeness (QED) is 0.703. The lowest BCUT2D eigenvalue weighted by molar-refractivity contribution is 0.0684. The summed E-state index contributed by atoms with van der Waals surface area (Å²) in [5, 5.41) is 11.5. The first-order chi connectivity index (χ1) is 12.7. The van der Waals surface area contributed by atoms with E-state index in [0.717, 1.165) is 28.9 Å². The molecule has 2 heterocycles. The number of nitrogens with zero attached hydrogens (tertiary/aromatic N) is 2. The molecule has 4 rings (SSSR count). The summed E-state index contributed by atoms with van der Waals surface area (Å²) in [6, 6.07) is 15.2. The van der Waals surface area contributed by atoms with Crippen molar-refractivity contribution in [3.63, 3.8) is 0 Å². The highest BCUT2D eigenvalue weighted by Crippen LogP contribution is 2.36. The number of hydrogen-bond acceptors (Lipinski definition) is 3. The number of nitrogens with one attached hydrogen (secondary N) is 2. The SMILES string of the molecule is CCCN1C(=O)c2ccccc2N[C@@H]1c1cn[nH]c1-c1ccc(Cl)cc1. The van der Waals surface area contributed by atoms with Gasteiger partial charge in [0.25, 0.3) is 5.91 Å². The van der Waals surface area contributed by atoms with Crippen LogP contribution in [0.15, 0.2) is 54.7 Å². The number of aromatic nitrogens is 2. The van der Waals surface area contributed by atoms with Gasteiger partial charge in [0.1, 0.15) is 6.17 Å². The number of aromatic amines is 1. The third kappa shape index (κ3) is 2.84. The molecule has 0 unspecified atom stereocenters. The van der Waals surface area contributed by atoms with Gasteiger partial charge in [-0.1, -0.05) is 42.8 Å². The van der Waals surface area contributed by atoms with E-state index in [4.69, 9.17) is 11.6 Å². The van der Waals surface area contributed by atoms with Crippen molar-refractivity contribution < 1.29 is 4.79 Å². The van der Waals surface area contributed by atoms with Crippen molar-refractivity contribution in [2.45, 2.75) is 19.5 Å². The Hall–Kier alpha value is -2.79. The summed E-state index contributed by atoms with van der Waals surface area (Å²) in [7, 11) is 0. The van der Waals surface area contributed by atoms with Crippen molar-refractivity contribution in [3.05, 3.63) is 70.9 Å². The minimum Gasteiger partial charge on any atom is -0.361 e. The molecule has 132 valence electrons. The van der Waals surface area contributed by atoms with Gasteiger partial charge in [-0.2, -0.15) is 5.10 Å². The van der Waals surface area contributed by atoms with Crippen molar-refractivity contribution in [2.75, 3.05) is 11.9 Å². The number of amides is 1. The number of carbonyl (C=O) groups is 1. The molecule has 26 heavy (non-hydrogen) atoms. The molecule has 1 aromatic heterocycles. The van der Waals surface area contributed by atoms with Crippen LogP contribution < -0.4 is 5.32 Å². The molecule has 0 radical (unpaired) electrons. The second kappa shape index (κ2) is 6.84. The van der Waals surface area contributed by atoms with E-state index in [0.29, 0.717) is 17.1 Å².